The minimum atomic E-state index is -4.83. The summed E-state index contributed by atoms with van der Waals surface area (Å²) in [6.07, 6.45) is -4.09. The number of amides is 3. The molecule has 184 valence electrons. The number of primary amides is 1. The van der Waals surface area contributed by atoms with Gasteiger partial charge < -0.3 is 15.6 Å². The van der Waals surface area contributed by atoms with Gasteiger partial charge in [0.1, 0.15) is 0 Å². The molecule has 8 nitrogen and oxygen atoms in total. The summed E-state index contributed by atoms with van der Waals surface area (Å²) in [6, 6.07) is 9.01. The summed E-state index contributed by atoms with van der Waals surface area (Å²) >= 11 is 6.78. The lowest BCUT2D eigenvalue weighted by Gasteiger charge is -2.34. The van der Waals surface area contributed by atoms with Crippen LogP contribution in [-0.4, -0.2) is 30.3 Å². The molecule has 35 heavy (non-hydrogen) atoms. The van der Waals surface area contributed by atoms with Gasteiger partial charge in [0.25, 0.3) is 0 Å². The number of methoxy groups -OCH3 is 1. The van der Waals surface area contributed by atoms with Crippen LogP contribution >= 0.6 is 11.6 Å². The van der Waals surface area contributed by atoms with E-state index in [9.17, 15) is 32.7 Å². The number of carbonyl (C=O) groups is 3. The summed E-state index contributed by atoms with van der Waals surface area (Å²) in [6.45, 7) is 0. The van der Waals surface area contributed by atoms with Gasteiger partial charge in [-0.15, -0.1) is 11.6 Å². The summed E-state index contributed by atoms with van der Waals surface area (Å²) in [7, 11) is 1.20. The van der Waals surface area contributed by atoms with E-state index in [1.165, 1.54) is 37.5 Å². The molecule has 0 bridgehead atoms. The number of benzene rings is 2. The Morgan fingerprint density at radius 2 is 1.86 bits per heavy atom. The number of nitrogens with one attached hydrogen (secondary N) is 1. The number of esters is 1. The van der Waals surface area contributed by atoms with E-state index in [2.05, 4.69) is 5.32 Å². The van der Waals surface area contributed by atoms with Crippen molar-refractivity contribution in [3.8, 4) is 0 Å². The average Bonchev–Trinajstić information content (AvgIpc) is 2.79. The second kappa shape index (κ2) is 9.71. The maximum absolute atomic E-state index is 13.6. The zero-order valence-electron chi connectivity index (χ0n) is 18.1. The highest BCUT2D eigenvalue weighted by Crippen LogP contribution is 2.44. The molecule has 1 atom stereocenters. The first-order valence-corrected chi connectivity index (χ1v) is 10.3. The summed E-state index contributed by atoms with van der Waals surface area (Å²) in [5, 5.41) is 11.5. The lowest BCUT2D eigenvalue weighted by Crippen LogP contribution is -2.40. The quantitative estimate of drug-likeness (QED) is 0.389. The first-order valence-electron chi connectivity index (χ1n) is 9.93. The van der Waals surface area contributed by atoms with Crippen LogP contribution in [0.1, 0.15) is 27.9 Å². The smallest absolute Gasteiger partial charge is 0.418 e. The van der Waals surface area contributed by atoms with E-state index < -0.39 is 40.4 Å². The van der Waals surface area contributed by atoms with Crippen LogP contribution in [0.15, 0.2) is 72.1 Å². The van der Waals surface area contributed by atoms with Gasteiger partial charge in [0.2, 0.25) is 0 Å². The highest BCUT2D eigenvalue weighted by atomic mass is 35.5. The Morgan fingerprint density at radius 1 is 1.17 bits per heavy atom. The Bertz CT molecular complexity index is 1240. The Morgan fingerprint density at radius 3 is 2.46 bits per heavy atom. The van der Waals surface area contributed by atoms with Crippen LogP contribution in [0.3, 0.4) is 0 Å². The van der Waals surface area contributed by atoms with Gasteiger partial charge in [0, 0.05) is 12.1 Å². The molecule has 2 aromatic carbocycles. The molecule has 0 aliphatic heterocycles. The zero-order valence-corrected chi connectivity index (χ0v) is 18.9. The van der Waals surface area contributed by atoms with Crippen LogP contribution in [0.4, 0.5) is 28.4 Å². The Balaban J connectivity index is 2.15. The largest absolute Gasteiger partial charge is 0.465 e. The van der Waals surface area contributed by atoms with Gasteiger partial charge in [-0.2, -0.15) is 13.2 Å². The maximum Gasteiger partial charge on any atom is 0.418 e. The van der Waals surface area contributed by atoms with Crippen LogP contribution in [0.2, 0.25) is 0 Å². The molecule has 0 spiro atoms. The van der Waals surface area contributed by atoms with Crippen LogP contribution in [0.25, 0.3) is 0 Å². The zero-order chi connectivity index (χ0) is 26.0. The van der Waals surface area contributed by atoms with E-state index in [1.54, 1.807) is 12.1 Å². The molecule has 0 saturated heterocycles. The highest BCUT2D eigenvalue weighted by Gasteiger charge is 2.39. The third-order valence-corrected chi connectivity index (χ3v) is 5.66. The predicted octanol–water partition coefficient (Wildman–Crippen LogP) is 4.95. The molecule has 1 unspecified atom stereocenters. The molecule has 2 aromatic rings. The van der Waals surface area contributed by atoms with Crippen molar-refractivity contribution in [1.82, 2.24) is 5.32 Å². The number of rotatable bonds is 5. The monoisotopic (exact) mass is 509 g/mol. The second-order valence-corrected chi connectivity index (χ2v) is 8.10. The van der Waals surface area contributed by atoms with Crippen molar-refractivity contribution in [1.29, 1.82) is 0 Å². The van der Waals surface area contributed by atoms with E-state index in [-0.39, 0.29) is 23.4 Å². The van der Waals surface area contributed by atoms with Gasteiger partial charge in [-0.05, 0) is 35.9 Å². The van der Waals surface area contributed by atoms with E-state index in [1.807, 2.05) is 0 Å². The highest BCUT2D eigenvalue weighted by molar-refractivity contribution is 6.25. The van der Waals surface area contributed by atoms with E-state index in [0.29, 0.717) is 10.5 Å². The van der Waals surface area contributed by atoms with Crippen LogP contribution in [0, 0.1) is 0 Å². The van der Waals surface area contributed by atoms with Crippen molar-refractivity contribution in [2.24, 2.45) is 5.73 Å². The number of ether oxygens (including phenoxy) is 1. The maximum atomic E-state index is 13.6. The van der Waals surface area contributed by atoms with Crippen molar-refractivity contribution in [2.75, 3.05) is 12.0 Å². The van der Waals surface area contributed by atoms with Crippen molar-refractivity contribution in [3.63, 3.8) is 0 Å². The fraction of sp³-hybridized carbons (Fsp3) is 0.174. The Kier molecular flexibility index (Phi) is 7.11. The predicted molar refractivity (Wildman–Crippen MR) is 121 cm³/mol. The van der Waals surface area contributed by atoms with Crippen molar-refractivity contribution in [2.45, 2.75) is 17.5 Å². The number of halogens is 4. The molecule has 0 aromatic heterocycles. The van der Waals surface area contributed by atoms with Crippen molar-refractivity contribution < 1.29 is 37.4 Å². The van der Waals surface area contributed by atoms with E-state index in [0.717, 1.165) is 18.2 Å². The second-order valence-electron chi connectivity index (χ2n) is 7.43. The summed E-state index contributed by atoms with van der Waals surface area (Å²) in [5.41, 5.74) is 3.84. The van der Waals surface area contributed by atoms with E-state index in [4.69, 9.17) is 22.1 Å². The Labute approximate surface area is 202 Å². The summed E-state index contributed by atoms with van der Waals surface area (Å²) < 4.78 is 45.6. The summed E-state index contributed by atoms with van der Waals surface area (Å²) in [5.74, 6) is -0.629. The molecule has 3 amide bonds. The fourth-order valence-electron chi connectivity index (χ4n) is 3.66. The molecule has 0 heterocycles. The van der Waals surface area contributed by atoms with Gasteiger partial charge in [-0.3, -0.25) is 10.2 Å². The molecule has 0 fully saturated rings. The number of allylic oxidation sites excluding steroid dienone is 3. The molecular formula is C23H19ClF3N3O5. The molecule has 1 aliphatic carbocycles. The molecular weight excluding hydrogens is 491 g/mol. The third kappa shape index (κ3) is 5.40. The summed E-state index contributed by atoms with van der Waals surface area (Å²) in [4.78, 5) is 34.9. The third-order valence-electron chi connectivity index (χ3n) is 5.18. The van der Waals surface area contributed by atoms with Crippen LogP contribution in [-0.2, 0) is 15.8 Å². The molecule has 3 rings (SSSR count). The SMILES string of the molecule is COC(=O)c1cccc(C2(Cl)C=CC(N(C(N)=O)c3ccccc3C(F)(F)F)=C(NC(=O)O)C2)c1. The van der Waals surface area contributed by atoms with Crippen molar-refractivity contribution in [3.05, 3.63) is 88.8 Å². The molecule has 12 heteroatoms. The number of nitrogens with zero attached hydrogens (tertiary/aromatic N) is 1. The number of carbonyl (C=O) groups excluding carboxylic acids is 2. The standard InChI is InChI=1S/C23H19ClF3N3O5/c1-35-19(31)13-5-4-6-14(11-13)22(24)10-9-18(16(12-22)29-21(33)34)30(20(28)32)17-8-3-2-7-15(17)23(25,26)27/h2-11,29H,12H2,1H3,(H2,28,32)(H,33,34). The van der Waals surface area contributed by atoms with Crippen LogP contribution in [0.5, 0.6) is 0 Å². The van der Waals surface area contributed by atoms with Gasteiger partial charge in [-0.25, -0.2) is 14.4 Å². The first kappa shape index (κ1) is 25.6. The molecule has 1 aliphatic rings. The number of urea groups is 1. The number of carboxylic acid groups (broad SMARTS) is 1. The molecule has 0 saturated carbocycles. The van der Waals surface area contributed by atoms with Gasteiger partial charge in [-0.1, -0.05) is 30.3 Å². The lowest BCUT2D eigenvalue weighted by molar-refractivity contribution is -0.137. The minimum absolute atomic E-state index is 0.179. The number of hydrogen-bond acceptors (Lipinski definition) is 4. The van der Waals surface area contributed by atoms with Gasteiger partial charge >= 0.3 is 24.3 Å². The Hall–Kier alpha value is -3.99. The van der Waals surface area contributed by atoms with Crippen LogP contribution < -0.4 is 16.0 Å². The van der Waals surface area contributed by atoms with Gasteiger partial charge in [0.15, 0.2) is 0 Å². The fourth-order valence-corrected chi connectivity index (χ4v) is 3.98. The minimum Gasteiger partial charge on any atom is -0.465 e. The first-order chi connectivity index (χ1) is 16.4. The molecule has 4 N–H and O–H groups in total. The lowest BCUT2D eigenvalue weighted by atomic mass is 9.87. The number of hydrogen-bond donors (Lipinski definition) is 3. The average molecular weight is 510 g/mol. The number of anilines is 1. The number of alkyl halides is 4. The normalized spacial score (nSPS) is 17.6. The van der Waals surface area contributed by atoms with Crippen molar-refractivity contribution >= 4 is 35.4 Å². The number of nitrogens with two attached hydrogens (primary N) is 1. The number of para-hydroxylation sites is 1. The van der Waals surface area contributed by atoms with Gasteiger partial charge in [0.05, 0.1) is 34.5 Å². The molecule has 0 radical (unpaired) electrons. The topological polar surface area (TPSA) is 122 Å². The van der Waals surface area contributed by atoms with E-state index >= 15 is 0 Å².